The molecular formula is C15H16O3S2. The van der Waals surface area contributed by atoms with Crippen LogP contribution in [0, 0.1) is 0 Å². The third-order valence-electron chi connectivity index (χ3n) is 2.85. The van der Waals surface area contributed by atoms with Crippen molar-refractivity contribution in [2.24, 2.45) is 0 Å². The van der Waals surface area contributed by atoms with Crippen LogP contribution in [0.15, 0.2) is 65.6 Å². The molecule has 0 aliphatic carbocycles. The molecule has 20 heavy (non-hydrogen) atoms. The van der Waals surface area contributed by atoms with E-state index in [0.717, 1.165) is 5.56 Å². The van der Waals surface area contributed by atoms with Crippen LogP contribution in [0.4, 0.5) is 0 Å². The van der Waals surface area contributed by atoms with E-state index >= 15 is 0 Å². The lowest BCUT2D eigenvalue weighted by Gasteiger charge is -2.05. The zero-order valence-electron chi connectivity index (χ0n) is 10.9. The fourth-order valence-electron chi connectivity index (χ4n) is 1.78. The molecule has 106 valence electrons. The quantitative estimate of drug-likeness (QED) is 0.823. The second-order valence-corrected chi connectivity index (χ2v) is 8.09. The van der Waals surface area contributed by atoms with Crippen molar-refractivity contribution in [2.75, 3.05) is 11.5 Å². The third kappa shape index (κ3) is 4.28. The van der Waals surface area contributed by atoms with E-state index in [-0.39, 0.29) is 16.4 Å². The van der Waals surface area contributed by atoms with Gasteiger partial charge in [-0.1, -0.05) is 48.5 Å². The van der Waals surface area contributed by atoms with Gasteiger partial charge in [0.1, 0.15) is 0 Å². The predicted molar refractivity (Wildman–Crippen MR) is 81.7 cm³/mol. The first kappa shape index (κ1) is 14.9. The van der Waals surface area contributed by atoms with Crippen molar-refractivity contribution >= 4 is 20.6 Å². The SMILES string of the molecule is O=S(CCS(=O)(=O)c1ccccc1)Cc1ccccc1. The summed E-state index contributed by atoms with van der Waals surface area (Å²) in [6.07, 6.45) is 0. The van der Waals surface area contributed by atoms with E-state index in [0.29, 0.717) is 5.75 Å². The van der Waals surface area contributed by atoms with E-state index in [1.807, 2.05) is 30.3 Å². The van der Waals surface area contributed by atoms with Crippen LogP contribution in [0.2, 0.25) is 0 Å². The summed E-state index contributed by atoms with van der Waals surface area (Å²) in [5.41, 5.74) is 0.961. The first-order valence-electron chi connectivity index (χ1n) is 6.25. The zero-order chi connectivity index (χ0) is 14.4. The average molecular weight is 308 g/mol. The molecule has 1 atom stereocenters. The van der Waals surface area contributed by atoms with Crippen LogP contribution in [0.1, 0.15) is 5.56 Å². The van der Waals surface area contributed by atoms with Gasteiger partial charge in [-0.2, -0.15) is 0 Å². The number of sulfone groups is 1. The Hall–Kier alpha value is -1.46. The van der Waals surface area contributed by atoms with E-state index in [1.54, 1.807) is 30.3 Å². The Kier molecular flexibility index (Phi) is 5.09. The molecule has 2 rings (SSSR count). The highest BCUT2D eigenvalue weighted by Crippen LogP contribution is 2.11. The lowest BCUT2D eigenvalue weighted by molar-refractivity contribution is 0.597. The van der Waals surface area contributed by atoms with Crippen LogP contribution < -0.4 is 0 Å². The van der Waals surface area contributed by atoms with E-state index in [9.17, 15) is 12.6 Å². The molecule has 0 saturated carbocycles. The lowest BCUT2D eigenvalue weighted by atomic mass is 10.2. The molecule has 0 N–H and O–H groups in total. The Morgan fingerprint density at radius 1 is 0.850 bits per heavy atom. The number of rotatable bonds is 6. The predicted octanol–water partition coefficient (Wildman–Crippen LogP) is 2.41. The summed E-state index contributed by atoms with van der Waals surface area (Å²) in [5, 5.41) is 0. The highest BCUT2D eigenvalue weighted by Gasteiger charge is 2.15. The van der Waals surface area contributed by atoms with Crippen molar-refractivity contribution in [2.45, 2.75) is 10.6 Å². The van der Waals surface area contributed by atoms with Crippen molar-refractivity contribution in [3.05, 3.63) is 66.2 Å². The molecule has 0 spiro atoms. The molecule has 0 aromatic heterocycles. The molecule has 0 bridgehead atoms. The van der Waals surface area contributed by atoms with E-state index in [2.05, 4.69) is 0 Å². The average Bonchev–Trinajstić information content (AvgIpc) is 2.47. The van der Waals surface area contributed by atoms with Crippen LogP contribution in [0.25, 0.3) is 0 Å². The third-order valence-corrected chi connectivity index (χ3v) is 6.16. The van der Waals surface area contributed by atoms with Crippen molar-refractivity contribution < 1.29 is 12.6 Å². The van der Waals surface area contributed by atoms with Crippen molar-refractivity contribution in [3.63, 3.8) is 0 Å². The smallest absolute Gasteiger partial charge is 0.179 e. The van der Waals surface area contributed by atoms with Crippen LogP contribution in [-0.4, -0.2) is 24.1 Å². The van der Waals surface area contributed by atoms with E-state index in [4.69, 9.17) is 0 Å². The standard InChI is InChI=1S/C15H16O3S2/c16-19(13-14-7-3-1-4-8-14)11-12-20(17,18)15-9-5-2-6-10-15/h1-10H,11-13H2. The van der Waals surface area contributed by atoms with E-state index in [1.165, 1.54) is 0 Å². The molecule has 5 heteroatoms. The molecule has 0 heterocycles. The van der Waals surface area contributed by atoms with Gasteiger partial charge in [-0.3, -0.25) is 4.21 Å². The van der Waals surface area contributed by atoms with Crippen molar-refractivity contribution in [1.82, 2.24) is 0 Å². The monoisotopic (exact) mass is 308 g/mol. The second kappa shape index (κ2) is 6.81. The molecule has 1 unspecified atom stereocenters. The summed E-state index contributed by atoms with van der Waals surface area (Å²) in [5.74, 6) is 0.466. The molecule has 0 aliphatic rings. The summed E-state index contributed by atoms with van der Waals surface area (Å²) < 4.78 is 36.0. The molecule has 0 amide bonds. The van der Waals surface area contributed by atoms with Gasteiger partial charge in [-0.15, -0.1) is 0 Å². The summed E-state index contributed by atoms with van der Waals surface area (Å²) >= 11 is 0. The molecule has 0 saturated heterocycles. The minimum atomic E-state index is -3.34. The van der Waals surface area contributed by atoms with Gasteiger partial charge in [0.05, 0.1) is 10.6 Å². The normalized spacial score (nSPS) is 13.0. The summed E-state index contributed by atoms with van der Waals surface area (Å²) in [7, 11) is -4.51. The maximum Gasteiger partial charge on any atom is 0.179 e. The highest BCUT2D eigenvalue weighted by atomic mass is 32.2. The van der Waals surface area contributed by atoms with E-state index < -0.39 is 20.6 Å². The van der Waals surface area contributed by atoms with Crippen molar-refractivity contribution in [3.8, 4) is 0 Å². The highest BCUT2D eigenvalue weighted by molar-refractivity contribution is 7.93. The van der Waals surface area contributed by atoms with Crippen LogP contribution in [0.5, 0.6) is 0 Å². The fourth-order valence-corrected chi connectivity index (χ4v) is 4.92. The molecule has 2 aromatic carbocycles. The molecule has 0 fully saturated rings. The Morgan fingerprint density at radius 3 is 2.00 bits per heavy atom. The van der Waals surface area contributed by atoms with Gasteiger partial charge in [0.25, 0.3) is 0 Å². The largest absolute Gasteiger partial charge is 0.259 e. The summed E-state index contributed by atoms with van der Waals surface area (Å²) in [4.78, 5) is 0.289. The Morgan fingerprint density at radius 2 is 1.40 bits per heavy atom. The van der Waals surface area contributed by atoms with Crippen LogP contribution >= 0.6 is 0 Å². The molecule has 2 aromatic rings. The number of hydrogen-bond donors (Lipinski definition) is 0. The fraction of sp³-hybridized carbons (Fsp3) is 0.200. The minimum Gasteiger partial charge on any atom is -0.259 e. The minimum absolute atomic E-state index is 0.0868. The lowest BCUT2D eigenvalue weighted by Crippen LogP contribution is -2.14. The first-order valence-corrected chi connectivity index (χ1v) is 9.39. The molecule has 0 radical (unpaired) electrons. The van der Waals surface area contributed by atoms with Crippen LogP contribution in [0.3, 0.4) is 0 Å². The molecule has 0 aliphatic heterocycles. The van der Waals surface area contributed by atoms with Crippen LogP contribution in [-0.2, 0) is 26.4 Å². The van der Waals surface area contributed by atoms with Gasteiger partial charge in [-0.05, 0) is 17.7 Å². The van der Waals surface area contributed by atoms with Gasteiger partial charge >= 0.3 is 0 Å². The first-order chi connectivity index (χ1) is 9.58. The Balaban J connectivity index is 1.94. The topological polar surface area (TPSA) is 51.2 Å². The number of benzene rings is 2. The summed E-state index contributed by atoms with van der Waals surface area (Å²) in [6.45, 7) is 0. The maximum absolute atomic E-state index is 12.1. The molecular weight excluding hydrogens is 292 g/mol. The van der Waals surface area contributed by atoms with Crippen molar-refractivity contribution in [1.29, 1.82) is 0 Å². The number of hydrogen-bond acceptors (Lipinski definition) is 3. The van der Waals surface area contributed by atoms with Gasteiger partial charge in [0.2, 0.25) is 0 Å². The molecule has 3 nitrogen and oxygen atoms in total. The Labute approximate surface area is 122 Å². The van der Waals surface area contributed by atoms with Gasteiger partial charge < -0.3 is 0 Å². The second-order valence-electron chi connectivity index (χ2n) is 4.41. The van der Waals surface area contributed by atoms with Gasteiger partial charge in [-0.25, -0.2) is 8.42 Å². The maximum atomic E-state index is 12.1. The Bertz CT molecular complexity index is 665. The zero-order valence-corrected chi connectivity index (χ0v) is 12.6. The summed E-state index contributed by atoms with van der Waals surface area (Å²) in [6, 6.07) is 17.7. The van der Waals surface area contributed by atoms with Gasteiger partial charge in [0, 0.05) is 22.3 Å². The van der Waals surface area contributed by atoms with Gasteiger partial charge in [0.15, 0.2) is 9.84 Å².